The summed E-state index contributed by atoms with van der Waals surface area (Å²) in [6, 6.07) is 0. The molecular weight excluding hydrogens is 242 g/mol. The lowest BCUT2D eigenvalue weighted by atomic mass is 10.1. The number of hydrogen-bond donors (Lipinski definition) is 1. The van der Waals surface area contributed by atoms with Crippen LogP contribution in [0.5, 0.6) is 5.75 Å². The molecule has 0 bridgehead atoms. The van der Waals surface area contributed by atoms with Crippen molar-refractivity contribution in [1.29, 1.82) is 0 Å². The van der Waals surface area contributed by atoms with Crippen LogP contribution in [0.3, 0.4) is 0 Å². The highest BCUT2D eigenvalue weighted by Gasteiger charge is 2.22. The number of rotatable bonds is 5. The average molecular weight is 260 g/mol. The largest absolute Gasteiger partial charge is 0.490 e. The van der Waals surface area contributed by atoms with Crippen molar-refractivity contribution in [3.63, 3.8) is 0 Å². The van der Waals surface area contributed by atoms with Crippen molar-refractivity contribution in [1.82, 2.24) is 9.97 Å². The standard InChI is InChI=1S/C11H18ClN3O2/c1-5-15(6-11(2,3)16)10-8(17-4)9(12)13-7-14-10/h7,16H,5-6H2,1-4H3. The van der Waals surface area contributed by atoms with E-state index in [4.69, 9.17) is 16.3 Å². The minimum atomic E-state index is -0.821. The molecule has 0 spiro atoms. The van der Waals surface area contributed by atoms with E-state index in [2.05, 4.69) is 9.97 Å². The topological polar surface area (TPSA) is 58.5 Å². The first-order valence-corrected chi connectivity index (χ1v) is 5.78. The Labute approximate surface area is 106 Å². The number of ether oxygens (including phenoxy) is 1. The van der Waals surface area contributed by atoms with Gasteiger partial charge >= 0.3 is 0 Å². The van der Waals surface area contributed by atoms with E-state index in [1.54, 1.807) is 13.8 Å². The van der Waals surface area contributed by atoms with E-state index in [0.717, 1.165) is 0 Å². The first kappa shape index (κ1) is 14.0. The molecule has 1 heterocycles. The molecule has 0 saturated carbocycles. The van der Waals surface area contributed by atoms with Crippen molar-refractivity contribution in [2.24, 2.45) is 0 Å². The molecule has 1 N–H and O–H groups in total. The van der Waals surface area contributed by atoms with E-state index in [1.807, 2.05) is 11.8 Å². The molecule has 0 aliphatic carbocycles. The van der Waals surface area contributed by atoms with Crippen LogP contribution in [-0.4, -0.2) is 40.9 Å². The minimum Gasteiger partial charge on any atom is -0.490 e. The fourth-order valence-electron chi connectivity index (χ4n) is 1.55. The second-order valence-corrected chi connectivity index (χ2v) is 4.71. The smallest absolute Gasteiger partial charge is 0.199 e. The van der Waals surface area contributed by atoms with Gasteiger partial charge in [-0.3, -0.25) is 0 Å². The second kappa shape index (κ2) is 5.51. The summed E-state index contributed by atoms with van der Waals surface area (Å²) in [5, 5.41) is 10.1. The molecule has 0 amide bonds. The number of halogens is 1. The summed E-state index contributed by atoms with van der Waals surface area (Å²) >= 11 is 5.94. The summed E-state index contributed by atoms with van der Waals surface area (Å²) in [5.74, 6) is 1.03. The van der Waals surface area contributed by atoms with Gasteiger partial charge in [-0.25, -0.2) is 9.97 Å². The molecule has 0 aliphatic rings. The highest BCUT2D eigenvalue weighted by Crippen LogP contribution is 2.31. The number of aliphatic hydroxyl groups is 1. The highest BCUT2D eigenvalue weighted by molar-refractivity contribution is 6.31. The van der Waals surface area contributed by atoms with Gasteiger partial charge in [0.05, 0.1) is 12.7 Å². The third-order valence-corrected chi connectivity index (χ3v) is 2.47. The molecule has 1 aromatic heterocycles. The quantitative estimate of drug-likeness (QED) is 0.817. The van der Waals surface area contributed by atoms with Crippen molar-refractivity contribution in [3.05, 3.63) is 11.5 Å². The summed E-state index contributed by atoms with van der Waals surface area (Å²) in [6.07, 6.45) is 1.38. The SMILES string of the molecule is CCN(CC(C)(C)O)c1ncnc(Cl)c1OC. The molecule has 6 heteroatoms. The molecule has 0 atom stereocenters. The number of likely N-dealkylation sites (N-methyl/N-ethyl adjacent to an activating group) is 1. The number of hydrogen-bond acceptors (Lipinski definition) is 5. The van der Waals surface area contributed by atoms with E-state index >= 15 is 0 Å². The second-order valence-electron chi connectivity index (χ2n) is 4.35. The zero-order valence-electron chi connectivity index (χ0n) is 10.6. The van der Waals surface area contributed by atoms with Gasteiger partial charge in [0.1, 0.15) is 6.33 Å². The Bertz CT molecular complexity index is 379. The lowest BCUT2D eigenvalue weighted by Crippen LogP contribution is -2.39. The third-order valence-electron chi connectivity index (χ3n) is 2.20. The third kappa shape index (κ3) is 3.71. The van der Waals surface area contributed by atoms with E-state index in [0.29, 0.717) is 24.7 Å². The Kier molecular flexibility index (Phi) is 4.54. The van der Waals surface area contributed by atoms with Crippen LogP contribution in [0, 0.1) is 0 Å². The summed E-state index contributed by atoms with van der Waals surface area (Å²) in [6.45, 7) is 6.58. The van der Waals surface area contributed by atoms with E-state index in [1.165, 1.54) is 13.4 Å². The van der Waals surface area contributed by atoms with E-state index in [9.17, 15) is 5.11 Å². The van der Waals surface area contributed by atoms with Gasteiger partial charge in [0, 0.05) is 13.1 Å². The van der Waals surface area contributed by atoms with Gasteiger partial charge in [-0.1, -0.05) is 11.6 Å². The zero-order chi connectivity index (χ0) is 13.1. The molecule has 0 aromatic carbocycles. The van der Waals surface area contributed by atoms with E-state index < -0.39 is 5.60 Å². The Hall–Kier alpha value is -1.07. The minimum absolute atomic E-state index is 0.270. The van der Waals surface area contributed by atoms with Crippen LogP contribution in [0.1, 0.15) is 20.8 Å². The molecule has 0 saturated heterocycles. The fourth-order valence-corrected chi connectivity index (χ4v) is 1.75. The molecule has 0 unspecified atom stereocenters. The number of aromatic nitrogens is 2. The first-order valence-electron chi connectivity index (χ1n) is 5.41. The van der Waals surface area contributed by atoms with Crippen molar-refractivity contribution in [3.8, 4) is 5.75 Å². The van der Waals surface area contributed by atoms with Gasteiger partial charge in [-0.05, 0) is 20.8 Å². The Morgan fingerprint density at radius 1 is 1.47 bits per heavy atom. The van der Waals surface area contributed by atoms with Crippen LogP contribution < -0.4 is 9.64 Å². The molecule has 1 aromatic rings. The zero-order valence-corrected chi connectivity index (χ0v) is 11.3. The number of anilines is 1. The first-order chi connectivity index (χ1) is 7.89. The average Bonchev–Trinajstić information content (AvgIpc) is 2.24. The van der Waals surface area contributed by atoms with Crippen molar-refractivity contribution < 1.29 is 9.84 Å². The van der Waals surface area contributed by atoms with Crippen LogP contribution in [0.4, 0.5) is 5.82 Å². The normalized spacial score (nSPS) is 11.4. The number of methoxy groups -OCH3 is 1. The summed E-state index contributed by atoms with van der Waals surface area (Å²) in [4.78, 5) is 9.92. The summed E-state index contributed by atoms with van der Waals surface area (Å²) in [5.41, 5.74) is -0.821. The predicted molar refractivity (Wildman–Crippen MR) is 67.8 cm³/mol. The molecular formula is C11H18ClN3O2. The number of nitrogens with zero attached hydrogens (tertiary/aromatic N) is 3. The van der Waals surface area contributed by atoms with Crippen LogP contribution in [-0.2, 0) is 0 Å². The monoisotopic (exact) mass is 259 g/mol. The van der Waals surface area contributed by atoms with Gasteiger partial charge in [-0.15, -0.1) is 0 Å². The predicted octanol–water partition coefficient (Wildman–Crippen LogP) is 1.74. The van der Waals surface area contributed by atoms with Crippen LogP contribution >= 0.6 is 11.6 Å². The Balaban J connectivity index is 3.07. The van der Waals surface area contributed by atoms with Gasteiger partial charge in [0.2, 0.25) is 0 Å². The molecule has 0 aliphatic heterocycles. The molecule has 17 heavy (non-hydrogen) atoms. The van der Waals surface area contributed by atoms with Crippen molar-refractivity contribution in [2.45, 2.75) is 26.4 Å². The summed E-state index contributed by atoms with van der Waals surface area (Å²) < 4.78 is 5.19. The van der Waals surface area contributed by atoms with Crippen LogP contribution in [0.25, 0.3) is 0 Å². The Morgan fingerprint density at radius 2 is 2.12 bits per heavy atom. The maximum atomic E-state index is 9.85. The molecule has 96 valence electrons. The lowest BCUT2D eigenvalue weighted by Gasteiger charge is -2.29. The maximum absolute atomic E-state index is 9.85. The summed E-state index contributed by atoms with van der Waals surface area (Å²) in [7, 11) is 1.52. The van der Waals surface area contributed by atoms with Crippen LogP contribution in [0.2, 0.25) is 5.15 Å². The van der Waals surface area contributed by atoms with Crippen LogP contribution in [0.15, 0.2) is 6.33 Å². The molecule has 0 fully saturated rings. The highest BCUT2D eigenvalue weighted by atomic mass is 35.5. The van der Waals surface area contributed by atoms with Crippen molar-refractivity contribution >= 4 is 17.4 Å². The van der Waals surface area contributed by atoms with Crippen molar-refractivity contribution in [2.75, 3.05) is 25.1 Å². The van der Waals surface area contributed by atoms with Gasteiger partial charge in [0.15, 0.2) is 16.7 Å². The van der Waals surface area contributed by atoms with Gasteiger partial charge in [0.25, 0.3) is 0 Å². The fraction of sp³-hybridized carbons (Fsp3) is 0.636. The Morgan fingerprint density at radius 3 is 2.59 bits per heavy atom. The molecule has 1 rings (SSSR count). The van der Waals surface area contributed by atoms with Gasteiger partial charge < -0.3 is 14.7 Å². The molecule has 0 radical (unpaired) electrons. The van der Waals surface area contributed by atoms with E-state index in [-0.39, 0.29) is 5.15 Å². The maximum Gasteiger partial charge on any atom is 0.199 e. The van der Waals surface area contributed by atoms with Gasteiger partial charge in [-0.2, -0.15) is 0 Å². The molecule has 5 nitrogen and oxygen atoms in total. The lowest BCUT2D eigenvalue weighted by molar-refractivity contribution is 0.0873.